The van der Waals surface area contributed by atoms with Crippen molar-refractivity contribution in [1.82, 2.24) is 9.55 Å². The highest BCUT2D eigenvalue weighted by atomic mass is 16.5. The number of hydrogen-bond donors (Lipinski definition) is 1. The third kappa shape index (κ3) is 3.14. The molecule has 0 aliphatic carbocycles. The Kier molecular flexibility index (Phi) is 4.56. The number of methoxy groups -OCH3 is 1. The van der Waals surface area contributed by atoms with E-state index in [-0.39, 0.29) is 6.10 Å². The van der Waals surface area contributed by atoms with E-state index in [0.717, 1.165) is 23.4 Å². The van der Waals surface area contributed by atoms with Crippen LogP contribution in [0.2, 0.25) is 0 Å². The van der Waals surface area contributed by atoms with Gasteiger partial charge in [0.05, 0.1) is 23.2 Å². The summed E-state index contributed by atoms with van der Waals surface area (Å²) < 4.78 is 7.35. The first kappa shape index (κ1) is 14.0. The van der Waals surface area contributed by atoms with Crippen LogP contribution in [-0.4, -0.2) is 34.0 Å². The molecule has 1 N–H and O–H groups in total. The minimum atomic E-state index is -0.419. The van der Waals surface area contributed by atoms with Gasteiger partial charge in [0.1, 0.15) is 5.82 Å². The lowest BCUT2D eigenvalue weighted by Crippen LogP contribution is -2.20. The Labute approximate surface area is 114 Å². The summed E-state index contributed by atoms with van der Waals surface area (Å²) in [5.74, 6) is 0.944. The molecule has 0 spiro atoms. The van der Waals surface area contributed by atoms with Gasteiger partial charge in [-0.15, -0.1) is 0 Å². The minimum absolute atomic E-state index is 0.0643. The Bertz CT molecular complexity index is 536. The molecular formula is C15H22N2O2. The molecule has 0 amide bonds. The third-order valence-electron chi connectivity index (χ3n) is 3.47. The Balaban J connectivity index is 2.20. The van der Waals surface area contributed by atoms with Gasteiger partial charge in [0, 0.05) is 20.1 Å². The number of aromatic nitrogens is 2. The van der Waals surface area contributed by atoms with Gasteiger partial charge >= 0.3 is 0 Å². The molecule has 1 aromatic heterocycles. The molecule has 0 radical (unpaired) electrons. The molecule has 0 aliphatic heterocycles. The molecule has 2 atom stereocenters. The van der Waals surface area contributed by atoms with E-state index in [1.54, 1.807) is 7.11 Å². The zero-order chi connectivity index (χ0) is 13.8. The number of para-hydroxylation sites is 2. The number of aryl methyl sites for hydroxylation is 1. The predicted molar refractivity (Wildman–Crippen MR) is 76.2 cm³/mol. The van der Waals surface area contributed by atoms with Crippen molar-refractivity contribution in [2.24, 2.45) is 0 Å². The van der Waals surface area contributed by atoms with Gasteiger partial charge in [-0.3, -0.25) is 0 Å². The van der Waals surface area contributed by atoms with E-state index in [1.165, 1.54) is 0 Å². The molecule has 2 unspecified atom stereocenters. The summed E-state index contributed by atoms with van der Waals surface area (Å²) in [6.07, 6.45) is 0.839. The van der Waals surface area contributed by atoms with Gasteiger partial charge in [0.2, 0.25) is 0 Å². The van der Waals surface area contributed by atoms with E-state index >= 15 is 0 Å². The van der Waals surface area contributed by atoms with Crippen molar-refractivity contribution < 1.29 is 9.84 Å². The number of aliphatic hydroxyl groups is 1. The van der Waals surface area contributed by atoms with Gasteiger partial charge in [-0.25, -0.2) is 4.98 Å². The Morgan fingerprint density at radius 1 is 1.37 bits per heavy atom. The van der Waals surface area contributed by atoms with E-state index in [2.05, 4.69) is 22.5 Å². The topological polar surface area (TPSA) is 47.3 Å². The summed E-state index contributed by atoms with van der Waals surface area (Å²) in [5.41, 5.74) is 2.12. The van der Waals surface area contributed by atoms with Crippen molar-refractivity contribution >= 4 is 11.0 Å². The first-order valence-electron chi connectivity index (χ1n) is 6.80. The van der Waals surface area contributed by atoms with Gasteiger partial charge in [-0.2, -0.15) is 0 Å². The summed E-state index contributed by atoms with van der Waals surface area (Å²) in [4.78, 5) is 4.62. The van der Waals surface area contributed by atoms with Gasteiger partial charge in [0.25, 0.3) is 0 Å². The third-order valence-corrected chi connectivity index (χ3v) is 3.47. The van der Waals surface area contributed by atoms with Crippen LogP contribution in [0.15, 0.2) is 24.3 Å². The highest BCUT2D eigenvalue weighted by molar-refractivity contribution is 5.75. The van der Waals surface area contributed by atoms with Crippen LogP contribution in [0.4, 0.5) is 0 Å². The fraction of sp³-hybridized carbons (Fsp3) is 0.533. The highest BCUT2D eigenvalue weighted by Crippen LogP contribution is 2.18. The number of benzene rings is 1. The molecule has 0 bridgehead atoms. The smallest absolute Gasteiger partial charge is 0.112 e. The monoisotopic (exact) mass is 262 g/mol. The van der Waals surface area contributed by atoms with Crippen molar-refractivity contribution in [3.8, 4) is 0 Å². The molecule has 0 fully saturated rings. The lowest BCUT2D eigenvalue weighted by molar-refractivity contribution is 0.0555. The summed E-state index contributed by atoms with van der Waals surface area (Å²) in [5, 5.41) is 10.1. The molecule has 1 heterocycles. The van der Waals surface area contributed by atoms with Gasteiger partial charge < -0.3 is 14.4 Å². The Morgan fingerprint density at radius 2 is 2.11 bits per heavy atom. The van der Waals surface area contributed by atoms with Crippen LogP contribution in [0, 0.1) is 0 Å². The van der Waals surface area contributed by atoms with E-state index in [0.29, 0.717) is 12.8 Å². The van der Waals surface area contributed by atoms with E-state index in [4.69, 9.17) is 4.74 Å². The molecular weight excluding hydrogens is 240 g/mol. The Hall–Kier alpha value is -1.39. The van der Waals surface area contributed by atoms with Crippen LogP contribution >= 0.6 is 0 Å². The lowest BCUT2D eigenvalue weighted by Gasteiger charge is -2.15. The van der Waals surface area contributed by atoms with Crippen LogP contribution < -0.4 is 0 Å². The van der Waals surface area contributed by atoms with Crippen LogP contribution in [0.25, 0.3) is 11.0 Å². The van der Waals surface area contributed by atoms with Crippen molar-refractivity contribution in [2.75, 3.05) is 7.11 Å². The van der Waals surface area contributed by atoms with Crippen LogP contribution in [0.5, 0.6) is 0 Å². The number of ether oxygens (including phenoxy) is 1. The highest BCUT2D eigenvalue weighted by Gasteiger charge is 2.15. The molecule has 4 nitrogen and oxygen atoms in total. The van der Waals surface area contributed by atoms with Crippen molar-refractivity contribution in [3.63, 3.8) is 0 Å². The maximum atomic E-state index is 10.1. The number of nitrogens with zero attached hydrogens (tertiary/aromatic N) is 2. The maximum absolute atomic E-state index is 10.1. The molecule has 1 aromatic carbocycles. The van der Waals surface area contributed by atoms with Crippen LogP contribution in [-0.2, 0) is 17.7 Å². The van der Waals surface area contributed by atoms with E-state index in [9.17, 15) is 5.11 Å². The quantitative estimate of drug-likeness (QED) is 0.869. The second kappa shape index (κ2) is 6.17. The zero-order valence-electron chi connectivity index (χ0n) is 11.8. The number of aliphatic hydroxyl groups excluding tert-OH is 1. The van der Waals surface area contributed by atoms with Crippen molar-refractivity contribution in [3.05, 3.63) is 30.1 Å². The summed E-state index contributed by atoms with van der Waals surface area (Å²) in [7, 11) is 1.67. The normalized spacial score (nSPS) is 14.7. The second-order valence-electron chi connectivity index (χ2n) is 4.90. The van der Waals surface area contributed by atoms with E-state index < -0.39 is 6.10 Å². The first-order valence-corrected chi connectivity index (χ1v) is 6.80. The summed E-state index contributed by atoms with van der Waals surface area (Å²) in [6.45, 7) is 4.93. The number of rotatable bonds is 6. The molecule has 104 valence electrons. The van der Waals surface area contributed by atoms with Gasteiger partial charge in [-0.1, -0.05) is 12.1 Å². The zero-order valence-corrected chi connectivity index (χ0v) is 11.8. The molecule has 19 heavy (non-hydrogen) atoms. The predicted octanol–water partition coefficient (Wildman–Crippen LogP) is 2.38. The minimum Gasteiger partial charge on any atom is -0.393 e. The number of fused-ring (bicyclic) bond motifs is 1. The summed E-state index contributed by atoms with van der Waals surface area (Å²) >= 11 is 0. The molecule has 0 saturated heterocycles. The van der Waals surface area contributed by atoms with E-state index in [1.807, 2.05) is 25.1 Å². The average Bonchev–Trinajstić information content (AvgIpc) is 2.75. The standard InChI is InChI=1S/C15H22N2O2/c1-4-17-14-8-6-5-7-13(14)16-15(17)10-12(18)9-11(2)19-3/h5-8,11-12,18H,4,9-10H2,1-3H3. The van der Waals surface area contributed by atoms with Crippen LogP contribution in [0.3, 0.4) is 0 Å². The van der Waals surface area contributed by atoms with Crippen LogP contribution in [0.1, 0.15) is 26.1 Å². The second-order valence-corrected chi connectivity index (χ2v) is 4.90. The summed E-state index contributed by atoms with van der Waals surface area (Å²) in [6, 6.07) is 8.08. The lowest BCUT2D eigenvalue weighted by atomic mass is 10.1. The van der Waals surface area contributed by atoms with Gasteiger partial charge in [0.15, 0.2) is 0 Å². The van der Waals surface area contributed by atoms with Crippen molar-refractivity contribution in [1.29, 1.82) is 0 Å². The first-order chi connectivity index (χ1) is 9.15. The molecule has 0 aliphatic rings. The fourth-order valence-corrected chi connectivity index (χ4v) is 2.41. The van der Waals surface area contributed by atoms with Crippen molar-refractivity contribution in [2.45, 2.75) is 45.4 Å². The maximum Gasteiger partial charge on any atom is 0.112 e. The molecule has 0 saturated carbocycles. The van der Waals surface area contributed by atoms with Gasteiger partial charge in [-0.05, 0) is 32.4 Å². The Morgan fingerprint density at radius 3 is 2.79 bits per heavy atom. The SMILES string of the molecule is CCn1c(CC(O)CC(C)OC)nc2ccccc21. The molecule has 4 heteroatoms. The number of imidazole rings is 1. The number of hydrogen-bond acceptors (Lipinski definition) is 3. The molecule has 2 rings (SSSR count). The average molecular weight is 262 g/mol. The molecule has 2 aromatic rings. The largest absolute Gasteiger partial charge is 0.393 e. The fourth-order valence-electron chi connectivity index (χ4n) is 2.41.